The summed E-state index contributed by atoms with van der Waals surface area (Å²) in [6.07, 6.45) is 3.24. The molecule has 0 unspecified atom stereocenters. The topological polar surface area (TPSA) is 110 Å². The molecule has 2 aromatic heterocycles. The number of ether oxygens (including phenoxy) is 1. The summed E-state index contributed by atoms with van der Waals surface area (Å²) < 4.78 is 4.88. The van der Waals surface area contributed by atoms with Crippen LogP contribution in [0.1, 0.15) is 23.9 Å². The van der Waals surface area contributed by atoms with E-state index in [4.69, 9.17) is 4.74 Å². The number of nitrogens with one attached hydrogen (secondary N) is 2. The maximum atomic E-state index is 12.2. The summed E-state index contributed by atoms with van der Waals surface area (Å²) in [5, 5.41) is 9.60. The van der Waals surface area contributed by atoms with E-state index >= 15 is 0 Å². The number of esters is 1. The second-order valence-corrected chi connectivity index (χ2v) is 7.94. The Morgan fingerprint density at radius 3 is 2.29 bits per heavy atom. The van der Waals surface area contributed by atoms with Crippen LogP contribution in [0.25, 0.3) is 6.08 Å². The first kappa shape index (κ1) is 22.3. The van der Waals surface area contributed by atoms with E-state index in [1.807, 2.05) is 30.3 Å². The quantitative estimate of drug-likeness (QED) is 0.376. The van der Waals surface area contributed by atoms with E-state index in [1.54, 1.807) is 23.8 Å². The smallest absolute Gasteiger partial charge is 0.311 e. The van der Waals surface area contributed by atoms with Gasteiger partial charge in [-0.2, -0.15) is 0 Å². The molecule has 0 radical (unpaired) electrons. The summed E-state index contributed by atoms with van der Waals surface area (Å²) in [6, 6.07) is 9.48. The van der Waals surface area contributed by atoms with Gasteiger partial charge in [-0.3, -0.25) is 19.7 Å². The van der Waals surface area contributed by atoms with Gasteiger partial charge in [0.05, 0.1) is 30.8 Å². The molecule has 3 aromatic rings. The van der Waals surface area contributed by atoms with E-state index < -0.39 is 0 Å². The van der Waals surface area contributed by atoms with Gasteiger partial charge in [-0.1, -0.05) is 30.3 Å². The molecule has 31 heavy (non-hydrogen) atoms. The molecule has 3 rings (SSSR count). The highest BCUT2D eigenvalue weighted by molar-refractivity contribution is 7.14. The summed E-state index contributed by atoms with van der Waals surface area (Å²) in [5.41, 5.74) is 2.00. The molecule has 160 valence electrons. The predicted octanol–water partition coefficient (Wildman–Crippen LogP) is 3.54. The Kier molecular flexibility index (Phi) is 8.02. The van der Waals surface area contributed by atoms with E-state index in [2.05, 4.69) is 20.6 Å². The van der Waals surface area contributed by atoms with Crippen molar-refractivity contribution in [3.63, 3.8) is 0 Å². The molecule has 0 aliphatic carbocycles. The fourth-order valence-corrected chi connectivity index (χ4v) is 3.90. The predicted molar refractivity (Wildman–Crippen MR) is 121 cm³/mol. The maximum absolute atomic E-state index is 12.2. The van der Waals surface area contributed by atoms with E-state index in [0.717, 1.165) is 5.56 Å². The van der Waals surface area contributed by atoms with E-state index in [0.29, 0.717) is 28.3 Å². The molecule has 1 aromatic carbocycles. The van der Waals surface area contributed by atoms with Gasteiger partial charge in [0.2, 0.25) is 11.8 Å². The maximum Gasteiger partial charge on any atom is 0.311 e. The zero-order chi connectivity index (χ0) is 22.1. The fraction of sp³-hybridized carbons (Fsp3) is 0.190. The van der Waals surface area contributed by atoms with E-state index in [-0.39, 0.29) is 30.6 Å². The standard InChI is InChI=1S/C21H20N4O4S2/c1-2-29-19(28)11-16-13-31-21(23-16)25-18(27)10-15-12-30-20(22-15)24-17(26)9-8-14-6-4-3-5-7-14/h3-9,12-13H,2,10-11H2,1H3,(H,22,24,26)(H,23,25,27)/b9-8+. The highest BCUT2D eigenvalue weighted by Crippen LogP contribution is 2.19. The highest BCUT2D eigenvalue weighted by Gasteiger charge is 2.13. The minimum atomic E-state index is -0.360. The SMILES string of the molecule is CCOC(=O)Cc1csc(NC(=O)Cc2csc(NC(=O)/C=C/c3ccccc3)n2)n1. The molecule has 0 saturated carbocycles. The third-order valence-corrected chi connectivity index (χ3v) is 5.39. The molecular weight excluding hydrogens is 436 g/mol. The number of thiazole rings is 2. The first-order valence-electron chi connectivity index (χ1n) is 9.40. The van der Waals surface area contributed by atoms with Gasteiger partial charge in [0.25, 0.3) is 0 Å². The van der Waals surface area contributed by atoms with E-state index in [9.17, 15) is 14.4 Å². The number of hydrogen-bond donors (Lipinski definition) is 2. The van der Waals surface area contributed by atoms with Crippen LogP contribution in [-0.4, -0.2) is 34.4 Å². The molecule has 0 atom stereocenters. The van der Waals surface area contributed by atoms with Crippen molar-refractivity contribution in [1.82, 2.24) is 9.97 Å². The van der Waals surface area contributed by atoms with Crippen molar-refractivity contribution in [2.75, 3.05) is 17.2 Å². The van der Waals surface area contributed by atoms with Crippen LogP contribution < -0.4 is 10.6 Å². The second kappa shape index (κ2) is 11.1. The fourth-order valence-electron chi connectivity index (χ4n) is 2.46. The van der Waals surface area contributed by atoms with Crippen molar-refractivity contribution in [3.05, 3.63) is 64.1 Å². The first-order valence-corrected chi connectivity index (χ1v) is 11.2. The summed E-state index contributed by atoms with van der Waals surface area (Å²) >= 11 is 2.47. The van der Waals surface area contributed by atoms with Gasteiger partial charge in [-0.15, -0.1) is 22.7 Å². The minimum absolute atomic E-state index is 0.0407. The lowest BCUT2D eigenvalue weighted by molar-refractivity contribution is -0.142. The van der Waals surface area contributed by atoms with Crippen molar-refractivity contribution in [2.24, 2.45) is 0 Å². The number of benzene rings is 1. The number of aromatic nitrogens is 2. The van der Waals surface area contributed by atoms with Crippen LogP contribution in [0.4, 0.5) is 10.3 Å². The summed E-state index contributed by atoms with van der Waals surface area (Å²) in [5.74, 6) is -0.948. The van der Waals surface area contributed by atoms with Gasteiger partial charge in [0.15, 0.2) is 10.3 Å². The molecule has 10 heteroatoms. The number of hydrogen-bond acceptors (Lipinski definition) is 8. The molecule has 0 bridgehead atoms. The normalized spacial score (nSPS) is 10.7. The summed E-state index contributed by atoms with van der Waals surface area (Å²) in [4.78, 5) is 44.2. The molecule has 0 aliphatic rings. The Balaban J connectivity index is 1.47. The molecule has 8 nitrogen and oxygen atoms in total. The Morgan fingerprint density at radius 1 is 0.968 bits per heavy atom. The average Bonchev–Trinajstić information content (AvgIpc) is 3.36. The highest BCUT2D eigenvalue weighted by atomic mass is 32.1. The minimum Gasteiger partial charge on any atom is -0.466 e. The molecule has 0 fully saturated rings. The summed E-state index contributed by atoms with van der Waals surface area (Å²) in [7, 11) is 0. The zero-order valence-electron chi connectivity index (χ0n) is 16.7. The average molecular weight is 457 g/mol. The Labute approximate surface area is 187 Å². The molecule has 2 heterocycles. The number of anilines is 2. The molecule has 0 aliphatic heterocycles. The molecular formula is C21H20N4O4S2. The Bertz CT molecular complexity index is 1080. The zero-order valence-corrected chi connectivity index (χ0v) is 18.3. The largest absolute Gasteiger partial charge is 0.466 e. The Hall–Kier alpha value is -3.37. The number of rotatable bonds is 9. The van der Waals surface area contributed by atoms with Crippen LogP contribution >= 0.6 is 22.7 Å². The van der Waals surface area contributed by atoms with Crippen LogP contribution in [0.2, 0.25) is 0 Å². The number of carbonyl (C=O) groups excluding carboxylic acids is 3. The number of amides is 2. The lowest BCUT2D eigenvalue weighted by Gasteiger charge is -2.00. The first-order chi connectivity index (χ1) is 15.0. The summed E-state index contributed by atoms with van der Waals surface area (Å²) in [6.45, 7) is 2.05. The van der Waals surface area contributed by atoms with Gasteiger partial charge in [-0.05, 0) is 18.6 Å². The van der Waals surface area contributed by atoms with Crippen LogP contribution in [0.3, 0.4) is 0 Å². The van der Waals surface area contributed by atoms with Gasteiger partial charge in [0.1, 0.15) is 0 Å². The molecule has 2 amide bonds. The van der Waals surface area contributed by atoms with Crippen LogP contribution in [0, 0.1) is 0 Å². The third-order valence-electron chi connectivity index (χ3n) is 3.78. The molecule has 0 saturated heterocycles. The molecule has 0 spiro atoms. The monoisotopic (exact) mass is 456 g/mol. The van der Waals surface area contributed by atoms with Gasteiger partial charge < -0.3 is 10.1 Å². The van der Waals surface area contributed by atoms with Crippen molar-refractivity contribution in [3.8, 4) is 0 Å². The lowest BCUT2D eigenvalue weighted by atomic mass is 10.2. The van der Waals surface area contributed by atoms with Gasteiger partial charge in [-0.25, -0.2) is 9.97 Å². The second-order valence-electron chi connectivity index (χ2n) is 6.23. The number of nitrogens with zero attached hydrogens (tertiary/aromatic N) is 2. The van der Waals surface area contributed by atoms with Gasteiger partial charge >= 0.3 is 5.97 Å². The number of carbonyl (C=O) groups is 3. The van der Waals surface area contributed by atoms with Crippen LogP contribution in [0.15, 0.2) is 47.2 Å². The van der Waals surface area contributed by atoms with Crippen LogP contribution in [0.5, 0.6) is 0 Å². The lowest BCUT2D eigenvalue weighted by Crippen LogP contribution is -2.15. The van der Waals surface area contributed by atoms with Crippen molar-refractivity contribution >= 4 is 56.8 Å². The van der Waals surface area contributed by atoms with Crippen LogP contribution in [-0.2, 0) is 32.0 Å². The van der Waals surface area contributed by atoms with Gasteiger partial charge in [0, 0.05) is 16.8 Å². The van der Waals surface area contributed by atoms with Crippen molar-refractivity contribution < 1.29 is 19.1 Å². The third kappa shape index (κ3) is 7.43. The van der Waals surface area contributed by atoms with Crippen molar-refractivity contribution in [1.29, 1.82) is 0 Å². The Morgan fingerprint density at radius 2 is 1.61 bits per heavy atom. The van der Waals surface area contributed by atoms with Crippen molar-refractivity contribution in [2.45, 2.75) is 19.8 Å². The van der Waals surface area contributed by atoms with E-state index in [1.165, 1.54) is 28.7 Å². The molecule has 2 N–H and O–H groups in total.